The maximum Gasteiger partial charge on any atom is 0.137 e. The number of benzene rings is 1. The number of rotatable bonds is 3. The molecule has 0 atom stereocenters. The van der Waals surface area contributed by atoms with Crippen molar-refractivity contribution >= 4 is 5.65 Å². The smallest absolute Gasteiger partial charge is 0.137 e. The van der Waals surface area contributed by atoms with Crippen LogP contribution in [0.1, 0.15) is 5.69 Å². The number of fused-ring (bicyclic) bond motifs is 1. The van der Waals surface area contributed by atoms with Crippen molar-refractivity contribution in [1.29, 1.82) is 0 Å². The molecule has 0 fully saturated rings. The Kier molecular flexibility index (Phi) is 2.82. The van der Waals surface area contributed by atoms with Crippen LogP contribution in [0.2, 0.25) is 0 Å². The monoisotopic (exact) mass is 237 g/mol. The number of pyridine rings is 1. The second-order valence-electron chi connectivity index (χ2n) is 4.24. The van der Waals surface area contributed by atoms with Crippen LogP contribution in [-0.2, 0) is 6.42 Å². The van der Waals surface area contributed by atoms with E-state index in [2.05, 4.69) is 21.5 Å². The summed E-state index contributed by atoms with van der Waals surface area (Å²) >= 11 is 0. The second-order valence-corrected chi connectivity index (χ2v) is 4.24. The van der Waals surface area contributed by atoms with E-state index >= 15 is 0 Å². The van der Waals surface area contributed by atoms with Gasteiger partial charge in [0.2, 0.25) is 0 Å². The highest BCUT2D eigenvalue weighted by molar-refractivity contribution is 5.67. The van der Waals surface area contributed by atoms with E-state index in [4.69, 9.17) is 5.73 Å². The SMILES string of the molecule is NCCc1nc2ccccn2c1-c1ccccc1. The molecule has 90 valence electrons. The van der Waals surface area contributed by atoms with Crippen LogP contribution in [0.4, 0.5) is 0 Å². The van der Waals surface area contributed by atoms with Crippen LogP contribution in [0, 0.1) is 0 Å². The summed E-state index contributed by atoms with van der Waals surface area (Å²) in [6.07, 6.45) is 2.84. The van der Waals surface area contributed by atoms with E-state index in [1.807, 2.05) is 42.6 Å². The number of hydrogen-bond donors (Lipinski definition) is 1. The summed E-state index contributed by atoms with van der Waals surface area (Å²) in [7, 11) is 0. The maximum absolute atomic E-state index is 5.68. The van der Waals surface area contributed by atoms with Crippen molar-refractivity contribution in [2.45, 2.75) is 6.42 Å². The van der Waals surface area contributed by atoms with Crippen LogP contribution < -0.4 is 5.73 Å². The summed E-state index contributed by atoms with van der Waals surface area (Å²) in [5.41, 5.74) is 10.0. The molecule has 3 heteroatoms. The van der Waals surface area contributed by atoms with E-state index in [0.717, 1.165) is 23.5 Å². The molecule has 18 heavy (non-hydrogen) atoms. The summed E-state index contributed by atoms with van der Waals surface area (Å²) < 4.78 is 2.13. The number of hydrogen-bond acceptors (Lipinski definition) is 2. The molecule has 3 nitrogen and oxygen atoms in total. The molecule has 0 saturated heterocycles. The van der Waals surface area contributed by atoms with Gasteiger partial charge in [0.1, 0.15) is 5.65 Å². The highest BCUT2D eigenvalue weighted by Gasteiger charge is 2.12. The minimum Gasteiger partial charge on any atom is -0.330 e. The van der Waals surface area contributed by atoms with Gasteiger partial charge in [-0.15, -0.1) is 0 Å². The van der Waals surface area contributed by atoms with Gasteiger partial charge in [0, 0.05) is 18.2 Å². The first kappa shape index (κ1) is 11.0. The average Bonchev–Trinajstić information content (AvgIpc) is 2.78. The average molecular weight is 237 g/mol. The predicted molar refractivity (Wildman–Crippen MR) is 73.4 cm³/mol. The Morgan fingerprint density at radius 1 is 1.00 bits per heavy atom. The Morgan fingerprint density at radius 3 is 2.56 bits per heavy atom. The lowest BCUT2D eigenvalue weighted by Gasteiger charge is -2.04. The molecule has 2 heterocycles. The minimum atomic E-state index is 0.615. The van der Waals surface area contributed by atoms with Crippen LogP contribution >= 0.6 is 0 Å². The Hall–Kier alpha value is -2.13. The second kappa shape index (κ2) is 4.63. The molecule has 2 N–H and O–H groups in total. The molecule has 0 spiro atoms. The standard InChI is InChI=1S/C15H15N3/c16-10-9-13-15(12-6-2-1-3-7-12)18-11-5-4-8-14(18)17-13/h1-8,11H,9-10,16H2. The molecule has 0 aliphatic rings. The highest BCUT2D eigenvalue weighted by Crippen LogP contribution is 2.25. The lowest BCUT2D eigenvalue weighted by atomic mass is 10.1. The third-order valence-electron chi connectivity index (χ3n) is 3.03. The molecule has 0 unspecified atom stereocenters. The molecular formula is C15H15N3. The third kappa shape index (κ3) is 1.79. The van der Waals surface area contributed by atoms with Crippen molar-refractivity contribution in [2.24, 2.45) is 5.73 Å². The molecule has 0 radical (unpaired) electrons. The van der Waals surface area contributed by atoms with Crippen molar-refractivity contribution in [1.82, 2.24) is 9.38 Å². The first-order valence-corrected chi connectivity index (χ1v) is 6.11. The molecule has 0 aliphatic carbocycles. The first-order valence-electron chi connectivity index (χ1n) is 6.11. The molecule has 3 rings (SSSR count). The summed E-state index contributed by atoms with van der Waals surface area (Å²) in [5, 5.41) is 0. The number of nitrogens with zero attached hydrogens (tertiary/aromatic N) is 2. The Labute approximate surface area is 106 Å². The van der Waals surface area contributed by atoms with Gasteiger partial charge in [0.05, 0.1) is 11.4 Å². The van der Waals surface area contributed by atoms with Crippen molar-refractivity contribution in [3.63, 3.8) is 0 Å². The van der Waals surface area contributed by atoms with Gasteiger partial charge < -0.3 is 5.73 Å². The zero-order valence-corrected chi connectivity index (χ0v) is 10.1. The van der Waals surface area contributed by atoms with Gasteiger partial charge in [-0.25, -0.2) is 4.98 Å². The summed E-state index contributed by atoms with van der Waals surface area (Å²) in [5.74, 6) is 0. The zero-order chi connectivity index (χ0) is 12.4. The van der Waals surface area contributed by atoms with Crippen molar-refractivity contribution in [2.75, 3.05) is 6.54 Å². The minimum absolute atomic E-state index is 0.615. The van der Waals surface area contributed by atoms with Crippen LogP contribution in [0.25, 0.3) is 16.9 Å². The van der Waals surface area contributed by atoms with Crippen LogP contribution in [0.15, 0.2) is 54.7 Å². The van der Waals surface area contributed by atoms with Gasteiger partial charge in [-0.1, -0.05) is 36.4 Å². The Bertz CT molecular complexity index is 656. The molecule has 3 aromatic rings. The first-order chi connectivity index (χ1) is 8.90. The quantitative estimate of drug-likeness (QED) is 0.760. The molecule has 2 aromatic heterocycles. The summed E-state index contributed by atoms with van der Waals surface area (Å²) in [6.45, 7) is 0.615. The van der Waals surface area contributed by atoms with Crippen molar-refractivity contribution in [3.05, 3.63) is 60.4 Å². The van der Waals surface area contributed by atoms with Crippen molar-refractivity contribution in [3.8, 4) is 11.3 Å². The fraction of sp³-hybridized carbons (Fsp3) is 0.133. The van der Waals surface area contributed by atoms with Crippen LogP contribution in [-0.4, -0.2) is 15.9 Å². The molecule has 1 aromatic carbocycles. The number of nitrogens with two attached hydrogens (primary N) is 1. The molecule has 0 aliphatic heterocycles. The van der Waals surface area contributed by atoms with Gasteiger partial charge in [-0.05, 0) is 18.7 Å². The van der Waals surface area contributed by atoms with Gasteiger partial charge in [0.15, 0.2) is 0 Å². The maximum atomic E-state index is 5.68. The van der Waals surface area contributed by atoms with Crippen LogP contribution in [0.3, 0.4) is 0 Å². The summed E-state index contributed by atoms with van der Waals surface area (Å²) in [6, 6.07) is 16.4. The van der Waals surface area contributed by atoms with E-state index in [9.17, 15) is 0 Å². The normalized spacial score (nSPS) is 10.9. The van der Waals surface area contributed by atoms with E-state index < -0.39 is 0 Å². The third-order valence-corrected chi connectivity index (χ3v) is 3.03. The largest absolute Gasteiger partial charge is 0.330 e. The molecule has 0 amide bonds. The number of imidazole rings is 1. The van der Waals surface area contributed by atoms with E-state index in [1.165, 1.54) is 5.56 Å². The van der Waals surface area contributed by atoms with E-state index in [-0.39, 0.29) is 0 Å². The lowest BCUT2D eigenvalue weighted by Crippen LogP contribution is -2.04. The van der Waals surface area contributed by atoms with E-state index in [1.54, 1.807) is 0 Å². The summed E-state index contributed by atoms with van der Waals surface area (Å²) in [4.78, 5) is 4.66. The van der Waals surface area contributed by atoms with Gasteiger partial charge in [0.25, 0.3) is 0 Å². The molecular weight excluding hydrogens is 222 g/mol. The van der Waals surface area contributed by atoms with Crippen LogP contribution in [0.5, 0.6) is 0 Å². The Morgan fingerprint density at radius 2 is 1.78 bits per heavy atom. The lowest BCUT2D eigenvalue weighted by molar-refractivity contribution is 0.939. The van der Waals surface area contributed by atoms with E-state index in [0.29, 0.717) is 6.54 Å². The zero-order valence-electron chi connectivity index (χ0n) is 10.1. The molecule has 0 bridgehead atoms. The van der Waals surface area contributed by atoms with Gasteiger partial charge in [-0.3, -0.25) is 4.40 Å². The van der Waals surface area contributed by atoms with Gasteiger partial charge in [-0.2, -0.15) is 0 Å². The van der Waals surface area contributed by atoms with Crippen molar-refractivity contribution < 1.29 is 0 Å². The fourth-order valence-electron chi connectivity index (χ4n) is 2.26. The number of aromatic nitrogens is 2. The Balaban J connectivity index is 2.28. The fourth-order valence-corrected chi connectivity index (χ4v) is 2.26. The highest BCUT2D eigenvalue weighted by atomic mass is 15.0. The topological polar surface area (TPSA) is 43.3 Å². The molecule has 0 saturated carbocycles. The predicted octanol–water partition coefficient (Wildman–Crippen LogP) is 2.50. The van der Waals surface area contributed by atoms with Gasteiger partial charge >= 0.3 is 0 Å².